The Morgan fingerprint density at radius 3 is 2.76 bits per heavy atom. The van der Waals surface area contributed by atoms with E-state index in [2.05, 4.69) is 24.1 Å². The van der Waals surface area contributed by atoms with Crippen molar-refractivity contribution in [2.45, 2.75) is 26.7 Å². The zero-order valence-corrected chi connectivity index (χ0v) is 10.2. The number of carbonyl (C=O) groups excluding carboxylic acids is 1. The molecule has 0 radical (unpaired) electrons. The smallest absolute Gasteiger partial charge is 0.253 e. The lowest BCUT2D eigenvalue weighted by Gasteiger charge is -2.19. The van der Waals surface area contributed by atoms with Crippen LogP contribution in [0.1, 0.15) is 37.0 Å². The first kappa shape index (κ1) is 11.9. The number of rotatable bonds is 4. The van der Waals surface area contributed by atoms with E-state index in [1.54, 1.807) is 0 Å². The summed E-state index contributed by atoms with van der Waals surface area (Å²) in [6, 6.07) is 1.43. The molecule has 0 spiro atoms. The van der Waals surface area contributed by atoms with Crippen LogP contribution in [0, 0.1) is 11.3 Å². The second-order valence-corrected chi connectivity index (χ2v) is 5.13. The maximum Gasteiger partial charge on any atom is 0.253 e. The van der Waals surface area contributed by atoms with Crippen molar-refractivity contribution in [1.82, 2.24) is 10.3 Å². The standard InChI is InChI=1S/C13H18N2O2/c1-9(2)13(3-4-13)8-15-12(17)10-5-11(16)7-14-6-10/h5-7,9,16H,3-4,8H2,1-2H3,(H,15,17). The van der Waals surface area contributed by atoms with Crippen molar-refractivity contribution >= 4 is 5.91 Å². The number of nitrogens with zero attached hydrogens (tertiary/aromatic N) is 1. The second-order valence-electron chi connectivity index (χ2n) is 5.13. The van der Waals surface area contributed by atoms with Crippen molar-refractivity contribution in [3.8, 4) is 5.75 Å². The Balaban J connectivity index is 1.94. The summed E-state index contributed by atoms with van der Waals surface area (Å²) in [6.45, 7) is 5.09. The topological polar surface area (TPSA) is 62.2 Å². The summed E-state index contributed by atoms with van der Waals surface area (Å²) < 4.78 is 0. The molecule has 0 atom stereocenters. The van der Waals surface area contributed by atoms with Gasteiger partial charge in [-0.15, -0.1) is 0 Å². The van der Waals surface area contributed by atoms with Crippen LogP contribution in [0.3, 0.4) is 0 Å². The van der Waals surface area contributed by atoms with E-state index in [0.29, 0.717) is 23.4 Å². The normalized spacial score (nSPS) is 16.9. The number of pyridine rings is 1. The fraction of sp³-hybridized carbons (Fsp3) is 0.538. The van der Waals surface area contributed by atoms with Gasteiger partial charge in [0.25, 0.3) is 5.91 Å². The Hall–Kier alpha value is -1.58. The lowest BCUT2D eigenvalue weighted by atomic mass is 9.92. The molecule has 0 unspecified atom stereocenters. The molecule has 17 heavy (non-hydrogen) atoms. The summed E-state index contributed by atoms with van der Waals surface area (Å²) in [5.74, 6) is 0.438. The van der Waals surface area contributed by atoms with E-state index in [0.717, 1.165) is 0 Å². The summed E-state index contributed by atoms with van der Waals surface area (Å²) in [7, 11) is 0. The molecule has 4 heteroatoms. The summed E-state index contributed by atoms with van der Waals surface area (Å²) >= 11 is 0. The minimum Gasteiger partial charge on any atom is -0.506 e. The van der Waals surface area contributed by atoms with Crippen LogP contribution in [0.4, 0.5) is 0 Å². The fourth-order valence-electron chi connectivity index (χ4n) is 2.03. The van der Waals surface area contributed by atoms with Gasteiger partial charge < -0.3 is 10.4 Å². The maximum absolute atomic E-state index is 11.8. The van der Waals surface area contributed by atoms with Gasteiger partial charge in [0.2, 0.25) is 0 Å². The van der Waals surface area contributed by atoms with Crippen LogP contribution >= 0.6 is 0 Å². The van der Waals surface area contributed by atoms with E-state index < -0.39 is 0 Å². The third-order valence-corrected chi connectivity index (χ3v) is 3.70. The van der Waals surface area contributed by atoms with Crippen molar-refractivity contribution in [3.63, 3.8) is 0 Å². The van der Waals surface area contributed by atoms with Crippen molar-refractivity contribution < 1.29 is 9.90 Å². The first-order chi connectivity index (χ1) is 8.03. The van der Waals surface area contributed by atoms with Crippen LogP contribution in [-0.2, 0) is 0 Å². The van der Waals surface area contributed by atoms with E-state index in [4.69, 9.17) is 0 Å². The van der Waals surface area contributed by atoms with Crippen LogP contribution in [-0.4, -0.2) is 22.5 Å². The van der Waals surface area contributed by atoms with Gasteiger partial charge in [0.15, 0.2) is 0 Å². The molecular weight excluding hydrogens is 216 g/mol. The zero-order valence-electron chi connectivity index (χ0n) is 10.2. The molecule has 2 N–H and O–H groups in total. The van der Waals surface area contributed by atoms with Gasteiger partial charge in [-0.1, -0.05) is 13.8 Å². The highest BCUT2D eigenvalue weighted by molar-refractivity contribution is 5.94. The highest BCUT2D eigenvalue weighted by atomic mass is 16.3. The number of nitrogens with one attached hydrogen (secondary N) is 1. The molecule has 0 aromatic carbocycles. The highest BCUT2D eigenvalue weighted by Crippen LogP contribution is 2.51. The van der Waals surface area contributed by atoms with Crippen molar-refractivity contribution in [1.29, 1.82) is 0 Å². The Morgan fingerprint density at radius 1 is 1.53 bits per heavy atom. The molecule has 0 saturated heterocycles. The molecule has 1 aliphatic rings. The van der Waals surface area contributed by atoms with Gasteiger partial charge in [-0.25, -0.2) is 0 Å². The number of amides is 1. The molecule has 1 amide bonds. The van der Waals surface area contributed by atoms with Gasteiger partial charge >= 0.3 is 0 Å². The summed E-state index contributed by atoms with van der Waals surface area (Å²) in [6.07, 6.45) is 5.14. The van der Waals surface area contributed by atoms with Crippen LogP contribution in [0.15, 0.2) is 18.5 Å². The number of aromatic hydroxyl groups is 1. The molecule has 2 rings (SSSR count). The van der Waals surface area contributed by atoms with Crippen LogP contribution in [0.2, 0.25) is 0 Å². The van der Waals surface area contributed by atoms with Crippen LogP contribution < -0.4 is 5.32 Å². The van der Waals surface area contributed by atoms with E-state index in [1.807, 2.05) is 0 Å². The molecule has 1 aromatic heterocycles. The second kappa shape index (κ2) is 4.35. The third-order valence-electron chi connectivity index (χ3n) is 3.70. The minimum absolute atomic E-state index is 0.0163. The summed E-state index contributed by atoms with van der Waals surface area (Å²) in [4.78, 5) is 15.6. The van der Waals surface area contributed by atoms with Gasteiger partial charge in [-0.3, -0.25) is 9.78 Å². The van der Waals surface area contributed by atoms with E-state index in [-0.39, 0.29) is 11.7 Å². The summed E-state index contributed by atoms with van der Waals surface area (Å²) in [5, 5.41) is 12.2. The number of carbonyl (C=O) groups is 1. The van der Waals surface area contributed by atoms with Gasteiger partial charge in [0.05, 0.1) is 11.8 Å². The van der Waals surface area contributed by atoms with Gasteiger partial charge in [0.1, 0.15) is 5.75 Å². The quantitative estimate of drug-likeness (QED) is 0.837. The average Bonchev–Trinajstić information content (AvgIpc) is 3.07. The molecule has 0 bridgehead atoms. The Morgan fingerprint density at radius 2 is 2.24 bits per heavy atom. The lowest BCUT2D eigenvalue weighted by molar-refractivity contribution is 0.0939. The Bertz CT molecular complexity index is 425. The van der Waals surface area contributed by atoms with Gasteiger partial charge in [-0.2, -0.15) is 0 Å². The molecule has 92 valence electrons. The zero-order chi connectivity index (χ0) is 12.5. The lowest BCUT2D eigenvalue weighted by Crippen LogP contribution is -2.32. The minimum atomic E-state index is -0.166. The molecule has 4 nitrogen and oxygen atoms in total. The van der Waals surface area contributed by atoms with E-state index in [1.165, 1.54) is 31.3 Å². The number of hydrogen-bond donors (Lipinski definition) is 2. The van der Waals surface area contributed by atoms with Crippen LogP contribution in [0.25, 0.3) is 0 Å². The van der Waals surface area contributed by atoms with Crippen molar-refractivity contribution in [2.75, 3.05) is 6.54 Å². The number of hydrogen-bond acceptors (Lipinski definition) is 3. The average molecular weight is 234 g/mol. The predicted molar refractivity (Wildman–Crippen MR) is 64.7 cm³/mol. The predicted octanol–water partition coefficient (Wildman–Crippen LogP) is 1.95. The SMILES string of the molecule is CC(C)C1(CNC(=O)c2cncc(O)c2)CC1. The van der Waals surface area contributed by atoms with Gasteiger partial charge in [-0.05, 0) is 30.2 Å². The first-order valence-electron chi connectivity index (χ1n) is 5.96. The maximum atomic E-state index is 11.8. The number of aromatic nitrogens is 1. The molecule has 1 aromatic rings. The largest absolute Gasteiger partial charge is 0.506 e. The third kappa shape index (κ3) is 2.57. The monoisotopic (exact) mass is 234 g/mol. The molecule has 1 fully saturated rings. The van der Waals surface area contributed by atoms with Crippen molar-refractivity contribution in [3.05, 3.63) is 24.0 Å². The Labute approximate surface area is 101 Å². The van der Waals surface area contributed by atoms with Gasteiger partial charge in [0, 0.05) is 12.7 Å². The molecular formula is C13H18N2O2. The first-order valence-corrected chi connectivity index (χ1v) is 5.96. The molecule has 1 saturated carbocycles. The molecule has 0 aliphatic heterocycles. The molecule has 1 heterocycles. The van der Waals surface area contributed by atoms with Crippen LogP contribution in [0.5, 0.6) is 5.75 Å². The van der Waals surface area contributed by atoms with Crippen molar-refractivity contribution in [2.24, 2.45) is 11.3 Å². The summed E-state index contributed by atoms with van der Waals surface area (Å²) in [5.41, 5.74) is 0.699. The fourth-order valence-corrected chi connectivity index (χ4v) is 2.03. The van der Waals surface area contributed by atoms with E-state index >= 15 is 0 Å². The van der Waals surface area contributed by atoms with E-state index in [9.17, 15) is 9.90 Å². The molecule has 1 aliphatic carbocycles. The Kier molecular flexibility index (Phi) is 3.05. The highest BCUT2D eigenvalue weighted by Gasteiger charge is 2.45.